The van der Waals surface area contributed by atoms with Crippen molar-refractivity contribution < 1.29 is 14.3 Å². The number of amides is 2. The number of ether oxygens (including phenoxy) is 1. The SMILES string of the molecule is CCCNC(=O)CN(C)CC(=O)NCc1ccc(OC)cc1. The van der Waals surface area contributed by atoms with Crippen molar-refractivity contribution in [2.75, 3.05) is 33.8 Å². The number of hydrogen-bond acceptors (Lipinski definition) is 4. The molecule has 0 unspecified atom stereocenters. The molecule has 2 amide bonds. The monoisotopic (exact) mass is 307 g/mol. The second-order valence-corrected chi connectivity index (χ2v) is 5.15. The van der Waals surface area contributed by atoms with Crippen molar-refractivity contribution in [3.63, 3.8) is 0 Å². The maximum atomic E-state index is 11.8. The fourth-order valence-electron chi connectivity index (χ4n) is 1.87. The molecule has 1 aromatic rings. The molecule has 0 aliphatic heterocycles. The minimum Gasteiger partial charge on any atom is -0.497 e. The number of nitrogens with one attached hydrogen (secondary N) is 2. The van der Waals surface area contributed by atoms with Crippen LogP contribution in [0.15, 0.2) is 24.3 Å². The van der Waals surface area contributed by atoms with E-state index >= 15 is 0 Å². The van der Waals surface area contributed by atoms with Gasteiger partial charge in [0.15, 0.2) is 0 Å². The smallest absolute Gasteiger partial charge is 0.234 e. The van der Waals surface area contributed by atoms with Gasteiger partial charge in [0.2, 0.25) is 11.8 Å². The van der Waals surface area contributed by atoms with Crippen LogP contribution in [0, 0.1) is 0 Å². The summed E-state index contributed by atoms with van der Waals surface area (Å²) in [6.45, 7) is 3.53. The summed E-state index contributed by atoms with van der Waals surface area (Å²) in [5, 5.41) is 5.61. The van der Waals surface area contributed by atoms with Crippen LogP contribution in [-0.4, -0.2) is 50.5 Å². The lowest BCUT2D eigenvalue weighted by atomic mass is 10.2. The number of rotatable bonds is 9. The van der Waals surface area contributed by atoms with E-state index in [-0.39, 0.29) is 24.9 Å². The molecule has 0 radical (unpaired) electrons. The van der Waals surface area contributed by atoms with Gasteiger partial charge in [0, 0.05) is 13.1 Å². The molecule has 0 aromatic heterocycles. The molecule has 0 saturated heterocycles. The maximum Gasteiger partial charge on any atom is 0.234 e. The molecular formula is C16H25N3O3. The van der Waals surface area contributed by atoms with E-state index in [4.69, 9.17) is 4.74 Å². The molecule has 122 valence electrons. The molecule has 1 aromatic carbocycles. The first-order valence-electron chi connectivity index (χ1n) is 7.40. The predicted molar refractivity (Wildman–Crippen MR) is 85.6 cm³/mol. The molecule has 1 rings (SSSR count). The normalized spacial score (nSPS) is 10.4. The number of carbonyl (C=O) groups is 2. The Bertz CT molecular complexity index is 474. The van der Waals surface area contributed by atoms with Crippen molar-refractivity contribution in [1.29, 1.82) is 0 Å². The van der Waals surface area contributed by atoms with E-state index in [0.717, 1.165) is 17.7 Å². The fraction of sp³-hybridized carbons (Fsp3) is 0.500. The summed E-state index contributed by atoms with van der Waals surface area (Å²) in [5.74, 6) is 0.613. The molecule has 0 spiro atoms. The molecule has 0 bridgehead atoms. The largest absolute Gasteiger partial charge is 0.497 e. The molecule has 6 nitrogen and oxygen atoms in total. The van der Waals surface area contributed by atoms with Gasteiger partial charge in [0.1, 0.15) is 5.75 Å². The van der Waals surface area contributed by atoms with Crippen LogP contribution in [0.2, 0.25) is 0 Å². The molecule has 6 heteroatoms. The molecule has 0 aliphatic rings. The van der Waals surface area contributed by atoms with E-state index in [1.54, 1.807) is 19.1 Å². The number of carbonyl (C=O) groups excluding carboxylic acids is 2. The Morgan fingerprint density at radius 3 is 2.23 bits per heavy atom. The first-order valence-corrected chi connectivity index (χ1v) is 7.40. The quantitative estimate of drug-likeness (QED) is 0.707. The third kappa shape index (κ3) is 7.08. The van der Waals surface area contributed by atoms with Gasteiger partial charge in [0.25, 0.3) is 0 Å². The first-order chi connectivity index (χ1) is 10.5. The van der Waals surface area contributed by atoms with Crippen LogP contribution < -0.4 is 15.4 Å². The molecule has 2 N–H and O–H groups in total. The van der Waals surface area contributed by atoms with Gasteiger partial charge >= 0.3 is 0 Å². The molecule has 0 heterocycles. The van der Waals surface area contributed by atoms with Crippen molar-refractivity contribution in [1.82, 2.24) is 15.5 Å². The third-order valence-corrected chi connectivity index (χ3v) is 3.05. The Morgan fingerprint density at radius 1 is 1.09 bits per heavy atom. The van der Waals surface area contributed by atoms with Crippen LogP contribution in [0.5, 0.6) is 5.75 Å². The highest BCUT2D eigenvalue weighted by molar-refractivity contribution is 5.81. The van der Waals surface area contributed by atoms with Gasteiger partial charge in [-0.15, -0.1) is 0 Å². The number of likely N-dealkylation sites (N-methyl/N-ethyl adjacent to an activating group) is 1. The van der Waals surface area contributed by atoms with Gasteiger partial charge in [-0.2, -0.15) is 0 Å². The summed E-state index contributed by atoms with van der Waals surface area (Å²) in [5.41, 5.74) is 0.998. The van der Waals surface area contributed by atoms with Crippen LogP contribution in [-0.2, 0) is 16.1 Å². The van der Waals surface area contributed by atoms with Gasteiger partial charge in [-0.1, -0.05) is 19.1 Å². The van der Waals surface area contributed by atoms with E-state index in [0.29, 0.717) is 13.1 Å². The van der Waals surface area contributed by atoms with Gasteiger partial charge in [-0.25, -0.2) is 0 Å². The zero-order valence-corrected chi connectivity index (χ0v) is 13.5. The highest BCUT2D eigenvalue weighted by Gasteiger charge is 2.10. The van der Waals surface area contributed by atoms with E-state index in [9.17, 15) is 9.59 Å². The predicted octanol–water partition coefficient (Wildman–Crippen LogP) is 0.769. The Labute approximate surface area is 131 Å². The zero-order chi connectivity index (χ0) is 16.4. The number of nitrogens with zero attached hydrogens (tertiary/aromatic N) is 1. The first kappa shape index (κ1) is 18.0. The molecule has 0 aliphatic carbocycles. The maximum absolute atomic E-state index is 11.8. The van der Waals surface area contributed by atoms with Gasteiger partial charge < -0.3 is 15.4 Å². The summed E-state index contributed by atoms with van der Waals surface area (Å²) in [4.78, 5) is 25.1. The molecule has 0 atom stereocenters. The Hall–Kier alpha value is -2.08. The van der Waals surface area contributed by atoms with Crippen molar-refractivity contribution in [3.05, 3.63) is 29.8 Å². The van der Waals surface area contributed by atoms with Crippen molar-refractivity contribution >= 4 is 11.8 Å². The van der Waals surface area contributed by atoms with Crippen LogP contribution in [0.25, 0.3) is 0 Å². The number of benzene rings is 1. The molecule has 22 heavy (non-hydrogen) atoms. The Morgan fingerprint density at radius 2 is 1.68 bits per heavy atom. The highest BCUT2D eigenvalue weighted by atomic mass is 16.5. The summed E-state index contributed by atoms with van der Waals surface area (Å²) in [7, 11) is 3.36. The lowest BCUT2D eigenvalue weighted by molar-refractivity contribution is -0.124. The number of methoxy groups -OCH3 is 1. The Kier molecular flexibility index (Phi) is 7.99. The summed E-state index contributed by atoms with van der Waals surface area (Å²) in [6.07, 6.45) is 0.901. The van der Waals surface area contributed by atoms with Gasteiger partial charge in [0.05, 0.1) is 20.2 Å². The molecule has 0 saturated carbocycles. The lowest BCUT2D eigenvalue weighted by Gasteiger charge is -2.16. The van der Waals surface area contributed by atoms with E-state index in [1.807, 2.05) is 31.2 Å². The van der Waals surface area contributed by atoms with Crippen LogP contribution in [0.1, 0.15) is 18.9 Å². The second kappa shape index (κ2) is 9.78. The minimum absolute atomic E-state index is 0.0627. The van der Waals surface area contributed by atoms with Crippen molar-refractivity contribution in [2.45, 2.75) is 19.9 Å². The van der Waals surface area contributed by atoms with Gasteiger partial charge in [-0.05, 0) is 31.2 Å². The zero-order valence-electron chi connectivity index (χ0n) is 13.5. The topological polar surface area (TPSA) is 70.7 Å². The number of hydrogen-bond donors (Lipinski definition) is 2. The summed E-state index contributed by atoms with van der Waals surface area (Å²) in [6, 6.07) is 7.51. The average Bonchev–Trinajstić information content (AvgIpc) is 2.51. The summed E-state index contributed by atoms with van der Waals surface area (Å²) >= 11 is 0. The second-order valence-electron chi connectivity index (χ2n) is 5.15. The highest BCUT2D eigenvalue weighted by Crippen LogP contribution is 2.10. The fourth-order valence-corrected chi connectivity index (χ4v) is 1.87. The minimum atomic E-state index is -0.110. The third-order valence-electron chi connectivity index (χ3n) is 3.05. The molecule has 0 fully saturated rings. The van der Waals surface area contributed by atoms with E-state index in [2.05, 4.69) is 10.6 Å². The van der Waals surface area contributed by atoms with Crippen LogP contribution >= 0.6 is 0 Å². The standard InChI is InChI=1S/C16H25N3O3/c1-4-9-17-15(20)11-19(2)12-16(21)18-10-13-5-7-14(22-3)8-6-13/h5-8H,4,9-12H2,1-3H3,(H,17,20)(H,18,21). The van der Waals surface area contributed by atoms with E-state index in [1.165, 1.54) is 0 Å². The molecular weight excluding hydrogens is 282 g/mol. The van der Waals surface area contributed by atoms with Crippen molar-refractivity contribution in [3.8, 4) is 5.75 Å². The Balaban J connectivity index is 2.28. The van der Waals surface area contributed by atoms with Crippen molar-refractivity contribution in [2.24, 2.45) is 0 Å². The lowest BCUT2D eigenvalue weighted by Crippen LogP contribution is -2.40. The van der Waals surface area contributed by atoms with Gasteiger partial charge in [-0.3, -0.25) is 14.5 Å². The average molecular weight is 307 g/mol. The van der Waals surface area contributed by atoms with E-state index < -0.39 is 0 Å². The van der Waals surface area contributed by atoms with Crippen LogP contribution in [0.4, 0.5) is 0 Å². The van der Waals surface area contributed by atoms with Crippen LogP contribution in [0.3, 0.4) is 0 Å². The summed E-state index contributed by atoms with van der Waals surface area (Å²) < 4.78 is 5.08.